The van der Waals surface area contributed by atoms with Crippen LogP contribution in [-0.2, 0) is 9.84 Å². The molecule has 0 spiro atoms. The van der Waals surface area contributed by atoms with Gasteiger partial charge in [0.15, 0.2) is 0 Å². The largest absolute Gasteiger partial charge is 0.313 e. The van der Waals surface area contributed by atoms with Crippen LogP contribution in [-0.4, -0.2) is 27.5 Å². The molecule has 102 valence electrons. The summed E-state index contributed by atoms with van der Waals surface area (Å²) in [7, 11) is -1.39. The van der Waals surface area contributed by atoms with E-state index in [2.05, 4.69) is 5.32 Å². The van der Waals surface area contributed by atoms with Crippen molar-refractivity contribution in [3.63, 3.8) is 0 Å². The maximum absolute atomic E-state index is 13.5. The first-order valence-corrected chi connectivity index (χ1v) is 7.69. The second-order valence-electron chi connectivity index (χ2n) is 4.28. The molecule has 1 N–H and O–H groups in total. The van der Waals surface area contributed by atoms with Gasteiger partial charge in [0, 0.05) is 23.6 Å². The van der Waals surface area contributed by atoms with Crippen LogP contribution in [0.4, 0.5) is 8.78 Å². The van der Waals surface area contributed by atoms with Gasteiger partial charge in [-0.1, -0.05) is 0 Å². The predicted octanol–water partition coefficient (Wildman–Crippen LogP) is 2.05. The summed E-state index contributed by atoms with van der Waals surface area (Å²) in [6.45, 7) is 0. The monoisotopic (exact) mass is 277 g/mol. The minimum absolute atomic E-state index is 0.0438. The standard InChI is InChI=1S/C12H17F2NO2S/c1-15-12(4-3-7-18(2,16)17)10-8-9(13)5-6-11(10)14/h5-6,8,12,15H,3-4,7H2,1-2H3. The zero-order valence-electron chi connectivity index (χ0n) is 10.4. The fourth-order valence-corrected chi connectivity index (χ4v) is 2.48. The molecule has 0 heterocycles. The van der Waals surface area contributed by atoms with Gasteiger partial charge in [-0.2, -0.15) is 0 Å². The average molecular weight is 277 g/mol. The van der Waals surface area contributed by atoms with Crippen molar-refractivity contribution in [2.45, 2.75) is 18.9 Å². The van der Waals surface area contributed by atoms with Crippen molar-refractivity contribution in [3.8, 4) is 0 Å². The number of rotatable bonds is 6. The first-order valence-electron chi connectivity index (χ1n) is 5.63. The molecular formula is C12H17F2NO2S. The van der Waals surface area contributed by atoms with Crippen LogP contribution >= 0.6 is 0 Å². The van der Waals surface area contributed by atoms with Gasteiger partial charge in [-0.3, -0.25) is 0 Å². The zero-order chi connectivity index (χ0) is 13.8. The molecule has 1 aromatic carbocycles. The Balaban J connectivity index is 2.74. The quantitative estimate of drug-likeness (QED) is 0.865. The molecule has 1 rings (SSSR count). The normalized spacial score (nSPS) is 13.6. The van der Waals surface area contributed by atoms with E-state index in [4.69, 9.17) is 0 Å². The molecule has 0 aromatic heterocycles. The van der Waals surface area contributed by atoms with E-state index in [1.807, 2.05) is 0 Å². The fourth-order valence-electron chi connectivity index (χ4n) is 1.79. The Morgan fingerprint density at radius 3 is 2.56 bits per heavy atom. The molecule has 6 heteroatoms. The van der Waals surface area contributed by atoms with Crippen LogP contribution in [0.3, 0.4) is 0 Å². The minimum atomic E-state index is -3.02. The predicted molar refractivity (Wildman–Crippen MR) is 67.1 cm³/mol. The Bertz CT molecular complexity index is 503. The van der Waals surface area contributed by atoms with E-state index in [0.717, 1.165) is 24.5 Å². The van der Waals surface area contributed by atoms with Gasteiger partial charge in [0.1, 0.15) is 21.5 Å². The Morgan fingerprint density at radius 1 is 1.33 bits per heavy atom. The van der Waals surface area contributed by atoms with Gasteiger partial charge < -0.3 is 5.32 Å². The first kappa shape index (κ1) is 15.0. The summed E-state index contributed by atoms with van der Waals surface area (Å²) in [4.78, 5) is 0. The topological polar surface area (TPSA) is 46.2 Å². The first-order chi connectivity index (χ1) is 8.33. The van der Waals surface area contributed by atoms with E-state index >= 15 is 0 Å². The lowest BCUT2D eigenvalue weighted by Crippen LogP contribution is -2.19. The van der Waals surface area contributed by atoms with Crippen LogP contribution in [0.5, 0.6) is 0 Å². The molecule has 18 heavy (non-hydrogen) atoms. The highest BCUT2D eigenvalue weighted by molar-refractivity contribution is 7.90. The molecule has 0 aliphatic rings. The molecule has 3 nitrogen and oxygen atoms in total. The van der Waals surface area contributed by atoms with Gasteiger partial charge in [-0.15, -0.1) is 0 Å². The highest BCUT2D eigenvalue weighted by atomic mass is 32.2. The summed E-state index contributed by atoms with van der Waals surface area (Å²) in [6, 6.07) is 2.88. The molecule has 0 aliphatic heterocycles. The Hall–Kier alpha value is -1.01. The van der Waals surface area contributed by atoms with Gasteiger partial charge >= 0.3 is 0 Å². The van der Waals surface area contributed by atoms with Crippen LogP contribution < -0.4 is 5.32 Å². The third-order valence-electron chi connectivity index (χ3n) is 2.69. The van der Waals surface area contributed by atoms with Crippen LogP contribution in [0.25, 0.3) is 0 Å². The van der Waals surface area contributed by atoms with Gasteiger partial charge in [-0.05, 0) is 38.1 Å². The lowest BCUT2D eigenvalue weighted by atomic mass is 10.0. The molecule has 0 fully saturated rings. The molecular weight excluding hydrogens is 260 g/mol. The second kappa shape index (κ2) is 6.24. The Kier molecular flexibility index (Phi) is 5.22. The molecule has 1 atom stereocenters. The van der Waals surface area contributed by atoms with Crippen molar-refractivity contribution in [1.29, 1.82) is 0 Å². The smallest absolute Gasteiger partial charge is 0.147 e. The van der Waals surface area contributed by atoms with Gasteiger partial charge in [0.05, 0.1) is 0 Å². The number of hydrogen-bond donors (Lipinski definition) is 1. The summed E-state index contributed by atoms with van der Waals surface area (Å²) in [6.07, 6.45) is 1.99. The summed E-state index contributed by atoms with van der Waals surface area (Å²) in [5, 5.41) is 2.87. The van der Waals surface area contributed by atoms with Crippen LogP contribution in [0.1, 0.15) is 24.4 Å². The van der Waals surface area contributed by atoms with Crippen molar-refractivity contribution >= 4 is 9.84 Å². The fraction of sp³-hybridized carbons (Fsp3) is 0.500. The van der Waals surface area contributed by atoms with Crippen molar-refractivity contribution < 1.29 is 17.2 Å². The van der Waals surface area contributed by atoms with E-state index in [1.54, 1.807) is 7.05 Å². The van der Waals surface area contributed by atoms with Crippen molar-refractivity contribution in [2.24, 2.45) is 0 Å². The summed E-state index contributed by atoms with van der Waals surface area (Å²) in [5.74, 6) is -0.952. The minimum Gasteiger partial charge on any atom is -0.313 e. The molecule has 0 radical (unpaired) electrons. The lowest BCUT2D eigenvalue weighted by molar-refractivity contribution is 0.495. The van der Waals surface area contributed by atoms with Gasteiger partial charge in [-0.25, -0.2) is 17.2 Å². The molecule has 0 bridgehead atoms. The molecule has 0 aliphatic carbocycles. The summed E-state index contributed by atoms with van der Waals surface area (Å²) in [5.41, 5.74) is 0.228. The van der Waals surface area contributed by atoms with Gasteiger partial charge in [0.2, 0.25) is 0 Å². The number of hydrogen-bond acceptors (Lipinski definition) is 3. The van der Waals surface area contributed by atoms with E-state index in [1.165, 1.54) is 0 Å². The van der Waals surface area contributed by atoms with E-state index in [9.17, 15) is 17.2 Å². The third kappa shape index (κ3) is 4.70. The molecule has 0 amide bonds. The van der Waals surface area contributed by atoms with Crippen LogP contribution in [0, 0.1) is 11.6 Å². The van der Waals surface area contributed by atoms with Gasteiger partial charge in [0.25, 0.3) is 0 Å². The van der Waals surface area contributed by atoms with Crippen LogP contribution in [0.2, 0.25) is 0 Å². The van der Waals surface area contributed by atoms with Crippen molar-refractivity contribution in [1.82, 2.24) is 5.32 Å². The molecule has 0 saturated heterocycles. The van der Waals surface area contributed by atoms with Crippen molar-refractivity contribution in [3.05, 3.63) is 35.4 Å². The highest BCUT2D eigenvalue weighted by Crippen LogP contribution is 2.22. The highest BCUT2D eigenvalue weighted by Gasteiger charge is 2.15. The van der Waals surface area contributed by atoms with E-state index in [-0.39, 0.29) is 17.4 Å². The SMILES string of the molecule is CNC(CCCS(C)(=O)=O)c1cc(F)ccc1F. The Labute approximate surface area is 106 Å². The third-order valence-corrected chi connectivity index (χ3v) is 3.72. The number of sulfone groups is 1. The second-order valence-corrected chi connectivity index (χ2v) is 6.54. The molecule has 0 saturated carbocycles. The summed E-state index contributed by atoms with van der Waals surface area (Å²) >= 11 is 0. The maximum atomic E-state index is 13.5. The Morgan fingerprint density at radius 2 is 2.00 bits per heavy atom. The lowest BCUT2D eigenvalue weighted by Gasteiger charge is -2.17. The average Bonchev–Trinajstić information content (AvgIpc) is 2.27. The number of nitrogens with one attached hydrogen (secondary N) is 1. The summed E-state index contributed by atoms with van der Waals surface area (Å²) < 4.78 is 48.6. The zero-order valence-corrected chi connectivity index (χ0v) is 11.2. The number of benzene rings is 1. The van der Waals surface area contributed by atoms with Crippen LogP contribution in [0.15, 0.2) is 18.2 Å². The molecule has 1 unspecified atom stereocenters. The van der Waals surface area contributed by atoms with E-state index < -0.39 is 21.5 Å². The maximum Gasteiger partial charge on any atom is 0.147 e. The van der Waals surface area contributed by atoms with Crippen molar-refractivity contribution in [2.75, 3.05) is 19.1 Å². The number of halogens is 2. The molecule has 1 aromatic rings. The van der Waals surface area contributed by atoms with E-state index in [0.29, 0.717) is 12.8 Å².